The second-order valence-electron chi connectivity index (χ2n) is 7.36. The van der Waals surface area contributed by atoms with Gasteiger partial charge >= 0.3 is 0 Å². The van der Waals surface area contributed by atoms with Gasteiger partial charge in [-0.05, 0) is 75.0 Å². The molecule has 2 nitrogen and oxygen atoms in total. The lowest BCUT2D eigenvalue weighted by molar-refractivity contribution is -0.0983. The molecule has 4 saturated carbocycles. The van der Waals surface area contributed by atoms with Crippen LogP contribution in [-0.4, -0.2) is 19.3 Å². The molecule has 0 aromatic heterocycles. The van der Waals surface area contributed by atoms with Gasteiger partial charge in [0.05, 0.1) is 0 Å². The van der Waals surface area contributed by atoms with E-state index in [1.807, 2.05) is 0 Å². The molecule has 2 N–H and O–H groups in total. The highest BCUT2D eigenvalue weighted by Gasteiger charge is 2.57. The zero-order chi connectivity index (χ0) is 12.1. The summed E-state index contributed by atoms with van der Waals surface area (Å²) < 4.78 is 5.26. The Morgan fingerprint density at radius 3 is 2.00 bits per heavy atom. The predicted molar refractivity (Wildman–Crippen MR) is 69.7 cm³/mol. The Balaban J connectivity index is 1.81. The molecule has 0 aliphatic heterocycles. The van der Waals surface area contributed by atoms with E-state index in [-0.39, 0.29) is 5.54 Å². The lowest BCUT2D eigenvalue weighted by Gasteiger charge is -2.62. The Morgan fingerprint density at radius 2 is 1.59 bits per heavy atom. The van der Waals surface area contributed by atoms with Gasteiger partial charge in [0.25, 0.3) is 0 Å². The van der Waals surface area contributed by atoms with Gasteiger partial charge in [0.1, 0.15) is 0 Å². The van der Waals surface area contributed by atoms with Crippen LogP contribution in [0.15, 0.2) is 0 Å². The van der Waals surface area contributed by atoms with E-state index in [9.17, 15) is 0 Å². The third-order valence-corrected chi connectivity index (χ3v) is 6.08. The lowest BCUT2D eigenvalue weighted by Crippen LogP contribution is -2.61. The molecular formula is C15H27NO. The van der Waals surface area contributed by atoms with E-state index in [0.29, 0.717) is 5.41 Å². The van der Waals surface area contributed by atoms with Crippen molar-refractivity contribution in [1.82, 2.24) is 0 Å². The maximum Gasteiger partial charge on any atom is 0.0479 e. The van der Waals surface area contributed by atoms with Crippen LogP contribution in [0.5, 0.6) is 0 Å². The molecular weight excluding hydrogens is 210 g/mol. The van der Waals surface area contributed by atoms with Gasteiger partial charge in [-0.15, -0.1) is 0 Å². The molecule has 0 saturated heterocycles. The summed E-state index contributed by atoms with van der Waals surface area (Å²) in [5.74, 6) is 2.98. The fourth-order valence-corrected chi connectivity index (χ4v) is 5.39. The third kappa shape index (κ3) is 1.84. The summed E-state index contributed by atoms with van der Waals surface area (Å²) in [5, 5.41) is 0. The highest BCUT2D eigenvalue weighted by Crippen LogP contribution is 2.63. The molecule has 17 heavy (non-hydrogen) atoms. The van der Waals surface area contributed by atoms with Gasteiger partial charge in [0, 0.05) is 19.3 Å². The first-order valence-electron chi connectivity index (χ1n) is 7.32. The highest BCUT2D eigenvalue weighted by atomic mass is 16.5. The normalized spacial score (nSPS) is 47.1. The first kappa shape index (κ1) is 12.0. The van der Waals surface area contributed by atoms with Gasteiger partial charge in [0.2, 0.25) is 0 Å². The van der Waals surface area contributed by atoms with E-state index in [2.05, 4.69) is 6.92 Å². The number of nitrogens with two attached hydrogens (primary N) is 1. The minimum Gasteiger partial charge on any atom is -0.385 e. The number of methoxy groups -OCH3 is 1. The molecule has 4 bridgehead atoms. The molecule has 4 aliphatic carbocycles. The Kier molecular flexibility index (Phi) is 2.79. The summed E-state index contributed by atoms with van der Waals surface area (Å²) in [6, 6.07) is 0. The molecule has 98 valence electrons. The van der Waals surface area contributed by atoms with Gasteiger partial charge in [-0.3, -0.25) is 0 Å². The van der Waals surface area contributed by atoms with Crippen molar-refractivity contribution in [3.05, 3.63) is 0 Å². The van der Waals surface area contributed by atoms with E-state index < -0.39 is 0 Å². The largest absolute Gasteiger partial charge is 0.385 e. The Labute approximate surface area is 105 Å². The van der Waals surface area contributed by atoms with E-state index in [1.54, 1.807) is 7.11 Å². The van der Waals surface area contributed by atoms with Gasteiger partial charge in [-0.1, -0.05) is 0 Å². The molecule has 2 heteroatoms. The molecule has 0 aromatic carbocycles. The smallest absolute Gasteiger partial charge is 0.0479 e. The van der Waals surface area contributed by atoms with Gasteiger partial charge in [0.15, 0.2) is 0 Å². The summed E-state index contributed by atoms with van der Waals surface area (Å²) in [4.78, 5) is 0. The summed E-state index contributed by atoms with van der Waals surface area (Å²) in [5.41, 5.74) is 7.15. The monoisotopic (exact) mass is 237 g/mol. The minimum atomic E-state index is -0.0149. The molecule has 4 rings (SSSR count). The van der Waals surface area contributed by atoms with Crippen molar-refractivity contribution in [2.24, 2.45) is 28.9 Å². The van der Waals surface area contributed by atoms with E-state index in [4.69, 9.17) is 10.5 Å². The zero-order valence-electron chi connectivity index (χ0n) is 11.4. The Morgan fingerprint density at radius 1 is 1.12 bits per heavy atom. The molecule has 4 fully saturated rings. The topological polar surface area (TPSA) is 35.2 Å². The van der Waals surface area contributed by atoms with Gasteiger partial charge in [-0.25, -0.2) is 0 Å². The summed E-state index contributed by atoms with van der Waals surface area (Å²) in [6.45, 7) is 3.11. The van der Waals surface area contributed by atoms with Crippen LogP contribution in [0.4, 0.5) is 0 Å². The number of hydrogen-bond donors (Lipinski definition) is 1. The maximum atomic E-state index is 6.72. The second-order valence-corrected chi connectivity index (χ2v) is 7.36. The van der Waals surface area contributed by atoms with Crippen LogP contribution < -0.4 is 5.73 Å². The Hall–Kier alpha value is -0.0800. The van der Waals surface area contributed by atoms with Crippen molar-refractivity contribution in [1.29, 1.82) is 0 Å². The first-order chi connectivity index (χ1) is 8.05. The van der Waals surface area contributed by atoms with Crippen LogP contribution in [0.3, 0.4) is 0 Å². The lowest BCUT2D eigenvalue weighted by atomic mass is 9.44. The van der Waals surface area contributed by atoms with Crippen LogP contribution in [0.25, 0.3) is 0 Å². The zero-order valence-corrected chi connectivity index (χ0v) is 11.4. The number of hydrogen-bond acceptors (Lipinski definition) is 2. The van der Waals surface area contributed by atoms with Crippen molar-refractivity contribution < 1.29 is 4.74 Å². The van der Waals surface area contributed by atoms with Gasteiger partial charge in [-0.2, -0.15) is 0 Å². The summed E-state index contributed by atoms with van der Waals surface area (Å²) in [7, 11) is 1.79. The highest BCUT2D eigenvalue weighted by molar-refractivity contribution is 5.10. The molecule has 1 atom stereocenters. The molecule has 1 unspecified atom stereocenters. The fourth-order valence-electron chi connectivity index (χ4n) is 5.39. The number of ether oxygens (including phenoxy) is 1. The third-order valence-electron chi connectivity index (χ3n) is 6.08. The van der Waals surface area contributed by atoms with E-state index in [0.717, 1.165) is 30.8 Å². The molecule has 0 aromatic rings. The fraction of sp³-hybridized carbons (Fsp3) is 1.00. The van der Waals surface area contributed by atoms with Crippen molar-refractivity contribution in [2.45, 2.75) is 57.4 Å². The average molecular weight is 237 g/mol. The van der Waals surface area contributed by atoms with E-state index in [1.165, 1.54) is 38.5 Å². The molecule has 0 amide bonds. The summed E-state index contributed by atoms with van der Waals surface area (Å²) >= 11 is 0. The summed E-state index contributed by atoms with van der Waals surface area (Å²) in [6.07, 6.45) is 9.72. The molecule has 0 heterocycles. The average Bonchev–Trinajstić information content (AvgIpc) is 2.24. The standard InChI is InChI=1S/C15H27NO/c1-14(16,3-4-17-2)15-8-11-5-12(9-15)7-13(6-11)10-15/h11-13H,3-10,16H2,1-2H3. The maximum absolute atomic E-state index is 6.72. The van der Waals surface area contributed by atoms with Crippen molar-refractivity contribution in [3.63, 3.8) is 0 Å². The van der Waals surface area contributed by atoms with Crippen LogP contribution in [0.2, 0.25) is 0 Å². The number of rotatable bonds is 4. The first-order valence-corrected chi connectivity index (χ1v) is 7.32. The van der Waals surface area contributed by atoms with Gasteiger partial charge < -0.3 is 10.5 Å². The molecule has 4 aliphatic rings. The van der Waals surface area contributed by atoms with Crippen LogP contribution in [0.1, 0.15) is 51.9 Å². The second kappa shape index (κ2) is 3.96. The molecule has 0 radical (unpaired) electrons. The SMILES string of the molecule is COCCC(C)(N)C12CC3CC(CC(C3)C1)C2. The van der Waals surface area contributed by atoms with Crippen LogP contribution in [-0.2, 0) is 4.74 Å². The minimum absolute atomic E-state index is 0.0149. The predicted octanol–water partition coefficient (Wildman–Crippen LogP) is 2.96. The Bertz CT molecular complexity index is 262. The van der Waals surface area contributed by atoms with Crippen molar-refractivity contribution >= 4 is 0 Å². The van der Waals surface area contributed by atoms with Crippen LogP contribution >= 0.6 is 0 Å². The van der Waals surface area contributed by atoms with E-state index >= 15 is 0 Å². The molecule has 0 spiro atoms. The quantitative estimate of drug-likeness (QED) is 0.816. The van der Waals surface area contributed by atoms with Crippen LogP contribution in [0, 0.1) is 23.2 Å². The van der Waals surface area contributed by atoms with Crippen molar-refractivity contribution in [3.8, 4) is 0 Å². The van der Waals surface area contributed by atoms with Crippen molar-refractivity contribution in [2.75, 3.05) is 13.7 Å².